The second-order valence-electron chi connectivity index (χ2n) is 2.28. The Kier molecular flexibility index (Phi) is 2.29. The van der Waals surface area contributed by atoms with E-state index in [4.69, 9.17) is 16.2 Å². The van der Waals surface area contributed by atoms with Crippen LogP contribution in [-0.4, -0.2) is 10.1 Å². The number of aryl methyl sites for hydroxylation is 1. The Morgan fingerprint density at radius 2 is 2.25 bits per heavy atom. The standard InChI is InChI=1S/C6H10N4O2/c1-3(7)5(11-8)6-9-4(2)10-12-6/h7-8H2,1-2H3/b5-3+. The van der Waals surface area contributed by atoms with Crippen LogP contribution in [0.1, 0.15) is 18.6 Å². The molecule has 4 N–H and O–H groups in total. The van der Waals surface area contributed by atoms with Crippen LogP contribution in [0.25, 0.3) is 5.76 Å². The molecule has 0 bridgehead atoms. The molecule has 1 aromatic heterocycles. The van der Waals surface area contributed by atoms with Gasteiger partial charge in [-0.05, 0) is 13.8 Å². The van der Waals surface area contributed by atoms with Crippen molar-refractivity contribution >= 4 is 5.76 Å². The van der Waals surface area contributed by atoms with Crippen LogP contribution in [0.4, 0.5) is 0 Å². The molecule has 6 heteroatoms. The maximum absolute atomic E-state index is 5.44. The van der Waals surface area contributed by atoms with Gasteiger partial charge in [0.2, 0.25) is 5.76 Å². The molecule has 12 heavy (non-hydrogen) atoms. The highest BCUT2D eigenvalue weighted by Crippen LogP contribution is 2.13. The molecule has 1 heterocycles. The Bertz CT molecular complexity index is 300. The second-order valence-corrected chi connectivity index (χ2v) is 2.28. The molecule has 0 aliphatic heterocycles. The quantitative estimate of drug-likeness (QED) is 0.475. The fourth-order valence-corrected chi connectivity index (χ4v) is 0.701. The van der Waals surface area contributed by atoms with Crippen LogP contribution in [0, 0.1) is 6.92 Å². The molecule has 1 rings (SSSR count). The summed E-state index contributed by atoms with van der Waals surface area (Å²) >= 11 is 0. The molecule has 0 radical (unpaired) electrons. The monoisotopic (exact) mass is 170 g/mol. The molecule has 0 saturated heterocycles. The third-order valence-corrected chi connectivity index (χ3v) is 1.20. The Morgan fingerprint density at radius 3 is 2.58 bits per heavy atom. The molecular weight excluding hydrogens is 160 g/mol. The Morgan fingerprint density at radius 1 is 1.58 bits per heavy atom. The molecule has 0 aliphatic rings. The van der Waals surface area contributed by atoms with Gasteiger partial charge in [0.05, 0.1) is 5.70 Å². The first-order valence-corrected chi connectivity index (χ1v) is 3.29. The molecule has 0 fully saturated rings. The fraction of sp³-hybridized carbons (Fsp3) is 0.333. The van der Waals surface area contributed by atoms with Crippen molar-refractivity contribution in [2.24, 2.45) is 11.6 Å². The maximum atomic E-state index is 5.44. The van der Waals surface area contributed by atoms with Gasteiger partial charge in [-0.3, -0.25) is 0 Å². The van der Waals surface area contributed by atoms with Gasteiger partial charge in [-0.2, -0.15) is 10.9 Å². The summed E-state index contributed by atoms with van der Waals surface area (Å²) in [5, 5.41) is 3.56. The second kappa shape index (κ2) is 3.22. The van der Waals surface area contributed by atoms with Gasteiger partial charge in [0.1, 0.15) is 0 Å². The van der Waals surface area contributed by atoms with E-state index in [0.717, 1.165) is 0 Å². The molecular formula is C6H10N4O2. The highest BCUT2D eigenvalue weighted by atomic mass is 16.6. The van der Waals surface area contributed by atoms with Gasteiger partial charge in [0, 0.05) is 0 Å². The minimum absolute atomic E-state index is 0.190. The largest absolute Gasteiger partial charge is 0.404 e. The van der Waals surface area contributed by atoms with Crippen molar-refractivity contribution in [2.75, 3.05) is 0 Å². The first kappa shape index (κ1) is 8.54. The number of nitrogens with two attached hydrogens (primary N) is 2. The molecule has 6 nitrogen and oxygen atoms in total. The van der Waals surface area contributed by atoms with Gasteiger partial charge in [-0.1, -0.05) is 5.16 Å². The lowest BCUT2D eigenvalue weighted by atomic mass is 10.4. The molecule has 0 aliphatic carbocycles. The zero-order chi connectivity index (χ0) is 9.14. The van der Waals surface area contributed by atoms with Gasteiger partial charge in [0.25, 0.3) is 5.89 Å². The molecule has 0 saturated carbocycles. The summed E-state index contributed by atoms with van der Waals surface area (Å²) < 4.78 is 4.77. The highest BCUT2D eigenvalue weighted by molar-refractivity contribution is 5.53. The molecule has 1 aromatic rings. The predicted octanol–water partition coefficient (Wildman–Crippen LogP) is -0.0845. The van der Waals surface area contributed by atoms with E-state index < -0.39 is 0 Å². The number of aromatic nitrogens is 2. The third kappa shape index (κ3) is 1.54. The summed E-state index contributed by atoms with van der Waals surface area (Å²) in [5.41, 5.74) is 5.83. The first-order chi connectivity index (χ1) is 5.65. The zero-order valence-corrected chi connectivity index (χ0v) is 6.87. The van der Waals surface area contributed by atoms with Crippen LogP contribution in [0.5, 0.6) is 0 Å². The lowest BCUT2D eigenvalue weighted by molar-refractivity contribution is 0.265. The van der Waals surface area contributed by atoms with Gasteiger partial charge >= 0.3 is 0 Å². The minimum Gasteiger partial charge on any atom is -0.404 e. The van der Waals surface area contributed by atoms with Gasteiger partial charge in [-0.15, -0.1) is 0 Å². The van der Waals surface area contributed by atoms with Gasteiger partial charge < -0.3 is 15.1 Å². The molecule has 0 amide bonds. The van der Waals surface area contributed by atoms with Crippen molar-refractivity contribution in [1.82, 2.24) is 10.1 Å². The summed E-state index contributed by atoms with van der Waals surface area (Å²) in [6.07, 6.45) is 0. The summed E-state index contributed by atoms with van der Waals surface area (Å²) in [5.74, 6) is 5.84. The van der Waals surface area contributed by atoms with Crippen molar-refractivity contribution in [2.45, 2.75) is 13.8 Å². The Balaban J connectivity index is 3.04. The van der Waals surface area contributed by atoms with Crippen LogP contribution >= 0.6 is 0 Å². The minimum atomic E-state index is 0.190. The van der Waals surface area contributed by atoms with E-state index in [2.05, 4.69) is 15.0 Å². The van der Waals surface area contributed by atoms with E-state index in [1.54, 1.807) is 13.8 Å². The number of nitrogens with zero attached hydrogens (tertiary/aromatic N) is 2. The molecule has 0 aromatic carbocycles. The van der Waals surface area contributed by atoms with Crippen LogP contribution < -0.4 is 11.6 Å². The SMILES string of the molecule is C/C(N)=C(\ON)c1nc(C)no1. The van der Waals surface area contributed by atoms with Gasteiger partial charge in [0.15, 0.2) is 5.82 Å². The zero-order valence-electron chi connectivity index (χ0n) is 6.87. The summed E-state index contributed by atoms with van der Waals surface area (Å²) in [6, 6.07) is 0. The molecule has 0 atom stereocenters. The van der Waals surface area contributed by atoms with Crippen molar-refractivity contribution in [3.8, 4) is 0 Å². The maximum Gasteiger partial charge on any atom is 0.297 e. The van der Waals surface area contributed by atoms with Crippen molar-refractivity contribution < 1.29 is 9.36 Å². The Labute approximate surface area is 69.1 Å². The van der Waals surface area contributed by atoms with Crippen molar-refractivity contribution in [3.05, 3.63) is 17.4 Å². The molecule has 0 spiro atoms. The molecule has 0 unspecified atom stereocenters. The average Bonchev–Trinajstić information content (AvgIpc) is 2.37. The van der Waals surface area contributed by atoms with Crippen molar-refractivity contribution in [3.63, 3.8) is 0 Å². The van der Waals surface area contributed by atoms with Gasteiger partial charge in [-0.25, -0.2) is 0 Å². The van der Waals surface area contributed by atoms with E-state index in [1.807, 2.05) is 0 Å². The number of hydrogen-bond donors (Lipinski definition) is 2. The van der Waals surface area contributed by atoms with Crippen LogP contribution in [0.15, 0.2) is 10.2 Å². The van der Waals surface area contributed by atoms with Crippen LogP contribution in [0.2, 0.25) is 0 Å². The first-order valence-electron chi connectivity index (χ1n) is 3.29. The van der Waals surface area contributed by atoms with Crippen molar-refractivity contribution in [1.29, 1.82) is 0 Å². The van der Waals surface area contributed by atoms with E-state index in [-0.39, 0.29) is 11.6 Å². The lowest BCUT2D eigenvalue weighted by Crippen LogP contribution is -2.06. The summed E-state index contributed by atoms with van der Waals surface area (Å²) in [7, 11) is 0. The Hall–Kier alpha value is -1.56. The number of allylic oxidation sites excluding steroid dienone is 1. The summed E-state index contributed by atoms with van der Waals surface area (Å²) in [6.45, 7) is 3.31. The van der Waals surface area contributed by atoms with E-state index >= 15 is 0 Å². The van der Waals surface area contributed by atoms with Crippen LogP contribution in [0.3, 0.4) is 0 Å². The third-order valence-electron chi connectivity index (χ3n) is 1.20. The lowest BCUT2D eigenvalue weighted by Gasteiger charge is -1.99. The average molecular weight is 170 g/mol. The fourth-order valence-electron chi connectivity index (χ4n) is 0.701. The normalized spacial score (nSPS) is 12.6. The predicted molar refractivity (Wildman–Crippen MR) is 41.1 cm³/mol. The smallest absolute Gasteiger partial charge is 0.297 e. The van der Waals surface area contributed by atoms with E-state index in [0.29, 0.717) is 11.5 Å². The van der Waals surface area contributed by atoms with E-state index in [9.17, 15) is 0 Å². The molecule has 66 valence electrons. The topological polar surface area (TPSA) is 100 Å². The number of hydrogen-bond acceptors (Lipinski definition) is 6. The highest BCUT2D eigenvalue weighted by Gasteiger charge is 2.12. The van der Waals surface area contributed by atoms with Crippen LogP contribution in [-0.2, 0) is 4.84 Å². The number of rotatable bonds is 2. The van der Waals surface area contributed by atoms with E-state index in [1.165, 1.54) is 0 Å². The summed E-state index contributed by atoms with van der Waals surface area (Å²) in [4.78, 5) is 8.35.